The molecule has 2 unspecified atom stereocenters. The molecule has 0 saturated carbocycles. The third kappa shape index (κ3) is 5.87. The lowest BCUT2D eigenvalue weighted by Crippen LogP contribution is -2.34. The zero-order valence-corrected chi connectivity index (χ0v) is 19.9. The first-order valence-corrected chi connectivity index (χ1v) is 11.2. The molecule has 0 bridgehead atoms. The number of anilines is 1. The Morgan fingerprint density at radius 3 is 2.58 bits per heavy atom. The molecule has 31 heavy (non-hydrogen) atoms. The topological polar surface area (TPSA) is 68.9 Å². The third-order valence-electron chi connectivity index (χ3n) is 4.65. The van der Waals surface area contributed by atoms with Crippen LogP contribution in [0.1, 0.15) is 45.2 Å². The summed E-state index contributed by atoms with van der Waals surface area (Å²) in [5.41, 5.74) is 2.50. The van der Waals surface area contributed by atoms with Crippen molar-refractivity contribution < 1.29 is 14.2 Å². The second-order valence-corrected chi connectivity index (χ2v) is 7.41. The number of hydrogen-bond acceptors (Lipinski definition) is 5. The molecule has 1 aliphatic rings. The highest BCUT2D eigenvalue weighted by atomic mass is 79.9. The summed E-state index contributed by atoms with van der Waals surface area (Å²) in [4.78, 5) is 6.28. The van der Waals surface area contributed by atoms with E-state index in [4.69, 9.17) is 10.1 Å². The number of aliphatic hydroxyl groups is 1. The number of nitrogens with one attached hydrogen (secondary N) is 1. The number of benzene rings is 2. The summed E-state index contributed by atoms with van der Waals surface area (Å²) >= 11 is 3.45. The van der Waals surface area contributed by atoms with E-state index < -0.39 is 18.1 Å². The summed E-state index contributed by atoms with van der Waals surface area (Å²) in [5.74, 6) is -0.443. The monoisotopic (exact) mass is 489 g/mol. The first-order chi connectivity index (χ1) is 15.0. The summed E-state index contributed by atoms with van der Waals surface area (Å²) < 4.78 is 20.4. The van der Waals surface area contributed by atoms with Crippen molar-refractivity contribution >= 4 is 33.7 Å². The van der Waals surface area contributed by atoms with Gasteiger partial charge in [0, 0.05) is 27.9 Å². The van der Waals surface area contributed by atoms with E-state index in [0.717, 1.165) is 10.2 Å². The molecular weight excluding hydrogens is 461 g/mol. The van der Waals surface area contributed by atoms with Gasteiger partial charge in [0.25, 0.3) is 0 Å². The number of halogens is 2. The molecular formula is C24H29BrFN3O2. The second-order valence-electron chi connectivity index (χ2n) is 6.50. The Morgan fingerprint density at radius 2 is 1.94 bits per heavy atom. The number of allylic oxidation sites excluding steroid dienone is 1. The van der Waals surface area contributed by atoms with Gasteiger partial charge < -0.3 is 14.7 Å². The van der Waals surface area contributed by atoms with Gasteiger partial charge in [0.1, 0.15) is 11.9 Å². The number of hydrogen-bond donors (Lipinski definition) is 2. The molecule has 2 atom stereocenters. The van der Waals surface area contributed by atoms with Crippen LogP contribution in [-0.2, 0) is 4.74 Å². The van der Waals surface area contributed by atoms with Gasteiger partial charge in [-0.25, -0.2) is 4.39 Å². The van der Waals surface area contributed by atoms with Gasteiger partial charge in [-0.05, 0) is 49.8 Å². The minimum atomic E-state index is -1.01. The van der Waals surface area contributed by atoms with Crippen molar-refractivity contribution in [2.24, 2.45) is 4.99 Å². The fourth-order valence-corrected chi connectivity index (χ4v) is 3.56. The van der Waals surface area contributed by atoms with E-state index in [1.807, 2.05) is 50.8 Å². The summed E-state index contributed by atoms with van der Waals surface area (Å²) in [6, 6.07) is 11.3. The molecule has 0 saturated heterocycles. The van der Waals surface area contributed by atoms with E-state index in [1.165, 1.54) is 6.07 Å². The summed E-state index contributed by atoms with van der Waals surface area (Å²) in [5, 5.41) is 18.8. The van der Waals surface area contributed by atoms with Crippen LogP contribution >= 0.6 is 15.9 Å². The number of aliphatic hydroxyl groups excluding tert-OH is 1. The minimum absolute atomic E-state index is 0.0831. The number of rotatable bonds is 7. The average Bonchev–Trinajstić information content (AvgIpc) is 2.80. The first kappa shape index (κ1) is 24.9. The molecule has 2 aromatic rings. The maximum atomic E-state index is 14.3. The first-order valence-electron chi connectivity index (χ1n) is 10.4. The lowest BCUT2D eigenvalue weighted by Gasteiger charge is -2.31. The van der Waals surface area contributed by atoms with Crippen molar-refractivity contribution in [2.45, 2.75) is 46.4 Å². The standard InChI is InChI=1S/C22H23BrFN3O2.C2H6/c1-3-15-12-19(22(28)29-4-2)26-13-27(15)20-10-9-14(23)11-17(20)21(25)16-7-5-6-8-18(16)24;1-2/h5-13,19,22,25,28H,3-4H2,1-2H3;1-2H3. The van der Waals surface area contributed by atoms with Crippen molar-refractivity contribution in [2.75, 3.05) is 11.5 Å². The van der Waals surface area contributed by atoms with Crippen LogP contribution in [0.2, 0.25) is 0 Å². The smallest absolute Gasteiger partial charge is 0.180 e. The Labute approximate surface area is 191 Å². The fraction of sp³-hybridized carbons (Fsp3) is 0.333. The van der Waals surface area contributed by atoms with E-state index in [0.29, 0.717) is 24.3 Å². The Kier molecular flexibility index (Phi) is 9.55. The van der Waals surface area contributed by atoms with Gasteiger partial charge in [-0.15, -0.1) is 0 Å². The SMILES string of the molecule is CC.CCOC(O)C1C=C(CC)N(c2ccc(Br)cc2C(=N)c2ccccc2F)C=N1. The van der Waals surface area contributed by atoms with Gasteiger partial charge in [-0.3, -0.25) is 10.4 Å². The van der Waals surface area contributed by atoms with E-state index in [2.05, 4.69) is 20.9 Å². The van der Waals surface area contributed by atoms with E-state index in [9.17, 15) is 9.50 Å². The van der Waals surface area contributed by atoms with Gasteiger partial charge >= 0.3 is 0 Å². The number of ether oxygens (including phenoxy) is 1. The maximum absolute atomic E-state index is 14.3. The maximum Gasteiger partial charge on any atom is 0.180 e. The van der Waals surface area contributed by atoms with E-state index >= 15 is 0 Å². The molecule has 1 heterocycles. The van der Waals surface area contributed by atoms with Crippen molar-refractivity contribution in [1.82, 2.24) is 0 Å². The molecule has 2 aromatic carbocycles. The predicted octanol–water partition coefficient (Wildman–Crippen LogP) is 5.90. The molecule has 7 heteroatoms. The molecule has 2 N–H and O–H groups in total. The molecule has 0 aromatic heterocycles. The van der Waals surface area contributed by atoms with E-state index in [1.54, 1.807) is 30.6 Å². The Hall–Kier alpha value is -2.35. The molecule has 0 fully saturated rings. The van der Waals surface area contributed by atoms with Crippen molar-refractivity contribution in [3.63, 3.8) is 0 Å². The average molecular weight is 490 g/mol. The molecule has 166 valence electrons. The largest absolute Gasteiger partial charge is 0.366 e. The zero-order valence-electron chi connectivity index (χ0n) is 18.3. The minimum Gasteiger partial charge on any atom is -0.366 e. The van der Waals surface area contributed by atoms with Gasteiger partial charge in [0.15, 0.2) is 6.29 Å². The lowest BCUT2D eigenvalue weighted by molar-refractivity contribution is -0.100. The molecule has 0 spiro atoms. The molecule has 5 nitrogen and oxygen atoms in total. The van der Waals surface area contributed by atoms with Crippen LogP contribution in [0, 0.1) is 11.2 Å². The Bertz CT molecular complexity index is 962. The van der Waals surface area contributed by atoms with Crippen LogP contribution in [-0.4, -0.2) is 36.1 Å². The fourth-order valence-electron chi connectivity index (χ4n) is 3.20. The highest BCUT2D eigenvalue weighted by molar-refractivity contribution is 9.10. The Balaban J connectivity index is 0.00000166. The van der Waals surface area contributed by atoms with Gasteiger partial charge in [0.2, 0.25) is 0 Å². The second kappa shape index (κ2) is 11.9. The van der Waals surface area contributed by atoms with E-state index in [-0.39, 0.29) is 11.3 Å². The molecule has 0 amide bonds. The molecule has 3 rings (SSSR count). The van der Waals surface area contributed by atoms with Crippen LogP contribution in [0.15, 0.2) is 63.7 Å². The number of aliphatic imine (C=N–C) groups is 1. The van der Waals surface area contributed by atoms with Crippen molar-refractivity contribution in [3.05, 3.63) is 75.7 Å². The Morgan fingerprint density at radius 1 is 1.23 bits per heavy atom. The molecule has 1 aliphatic heterocycles. The van der Waals surface area contributed by atoms with Crippen LogP contribution in [0.25, 0.3) is 0 Å². The quantitative estimate of drug-likeness (QED) is 0.375. The zero-order chi connectivity index (χ0) is 23.0. The predicted molar refractivity (Wildman–Crippen MR) is 129 cm³/mol. The molecule has 0 aliphatic carbocycles. The van der Waals surface area contributed by atoms with Gasteiger partial charge in [-0.2, -0.15) is 0 Å². The number of nitrogens with zero attached hydrogens (tertiary/aromatic N) is 2. The van der Waals surface area contributed by atoms with Crippen LogP contribution in [0.5, 0.6) is 0 Å². The summed E-state index contributed by atoms with van der Waals surface area (Å²) in [6.07, 6.45) is 3.16. The van der Waals surface area contributed by atoms with Crippen LogP contribution < -0.4 is 4.90 Å². The summed E-state index contributed by atoms with van der Waals surface area (Å²) in [6.45, 7) is 8.21. The van der Waals surface area contributed by atoms with Crippen molar-refractivity contribution in [3.8, 4) is 0 Å². The van der Waals surface area contributed by atoms with Gasteiger partial charge in [-0.1, -0.05) is 48.8 Å². The van der Waals surface area contributed by atoms with Gasteiger partial charge in [0.05, 0.1) is 17.7 Å². The summed E-state index contributed by atoms with van der Waals surface area (Å²) in [7, 11) is 0. The normalized spacial score (nSPS) is 16.3. The van der Waals surface area contributed by atoms with Crippen LogP contribution in [0.3, 0.4) is 0 Å². The van der Waals surface area contributed by atoms with Crippen LogP contribution in [0.4, 0.5) is 10.1 Å². The lowest BCUT2D eigenvalue weighted by atomic mass is 9.99. The van der Waals surface area contributed by atoms with Crippen molar-refractivity contribution in [1.29, 1.82) is 5.41 Å². The highest BCUT2D eigenvalue weighted by Gasteiger charge is 2.25. The third-order valence-corrected chi connectivity index (χ3v) is 5.14. The highest BCUT2D eigenvalue weighted by Crippen LogP contribution is 2.31. The molecule has 0 radical (unpaired) electrons.